The van der Waals surface area contributed by atoms with Crippen molar-refractivity contribution in [2.24, 2.45) is 17.3 Å². The minimum Gasteiger partial charge on any atom is -0.470 e. The molecule has 1 aliphatic carbocycles. The fourth-order valence-corrected chi connectivity index (χ4v) is 3.63. The molecule has 3 nitrogen and oxygen atoms in total. The highest BCUT2D eigenvalue weighted by atomic mass is 16.5. The lowest BCUT2D eigenvalue weighted by atomic mass is 9.69. The van der Waals surface area contributed by atoms with E-state index in [-0.39, 0.29) is 12.1 Å². The Balaban J connectivity index is 1.67. The maximum Gasteiger partial charge on any atom is 0.257 e. The van der Waals surface area contributed by atoms with Crippen molar-refractivity contribution in [2.45, 2.75) is 52.7 Å². The quantitative estimate of drug-likeness (QED) is 0.848. The van der Waals surface area contributed by atoms with Crippen molar-refractivity contribution in [1.82, 2.24) is 5.32 Å². The van der Waals surface area contributed by atoms with E-state index >= 15 is 0 Å². The van der Waals surface area contributed by atoms with Crippen LogP contribution in [0.1, 0.15) is 56.8 Å². The second-order valence-electron chi connectivity index (χ2n) is 7.49. The fourth-order valence-electron chi connectivity index (χ4n) is 3.63. The van der Waals surface area contributed by atoms with Gasteiger partial charge in [0.1, 0.15) is 5.75 Å². The molecule has 0 radical (unpaired) electrons. The van der Waals surface area contributed by atoms with Gasteiger partial charge in [0.2, 0.25) is 0 Å². The summed E-state index contributed by atoms with van der Waals surface area (Å²) in [6, 6.07) is 7.50. The molecule has 3 rings (SSSR count). The Morgan fingerprint density at radius 1 is 1.10 bits per heavy atom. The first-order valence-electron chi connectivity index (χ1n) is 8.01. The molecule has 1 N–H and O–H groups in total. The molecule has 1 atom stereocenters. The monoisotopic (exact) mass is 287 g/mol. The molecular formula is C18H25NO2. The van der Waals surface area contributed by atoms with E-state index in [4.69, 9.17) is 4.74 Å². The fraction of sp³-hybridized carbons (Fsp3) is 0.611. The second kappa shape index (κ2) is 5.36. The predicted molar refractivity (Wildman–Crippen MR) is 83.2 cm³/mol. The third-order valence-electron chi connectivity index (χ3n) is 5.08. The van der Waals surface area contributed by atoms with Crippen molar-refractivity contribution in [3.63, 3.8) is 0 Å². The van der Waals surface area contributed by atoms with Crippen LogP contribution in [-0.4, -0.2) is 12.1 Å². The summed E-state index contributed by atoms with van der Waals surface area (Å²) in [5.41, 5.74) is 1.03. The maximum atomic E-state index is 12.2. The molecule has 0 bridgehead atoms. The van der Waals surface area contributed by atoms with Gasteiger partial charge in [-0.3, -0.25) is 4.79 Å². The summed E-state index contributed by atoms with van der Waals surface area (Å²) < 4.78 is 6.03. The molecule has 0 aromatic heterocycles. The number of amides is 1. The SMILES string of the molecule is CC(C)(C)C1CCC(C2NC(=O)c3ccccc3O2)CC1. The molecule has 3 heteroatoms. The highest BCUT2D eigenvalue weighted by molar-refractivity contribution is 5.97. The predicted octanol–water partition coefficient (Wildman–Crippen LogP) is 3.99. The van der Waals surface area contributed by atoms with Gasteiger partial charge in [-0.05, 0) is 49.1 Å². The van der Waals surface area contributed by atoms with E-state index in [0.29, 0.717) is 16.9 Å². The van der Waals surface area contributed by atoms with Gasteiger partial charge >= 0.3 is 0 Å². The maximum absolute atomic E-state index is 12.2. The Bertz CT molecular complexity index is 524. The third-order valence-corrected chi connectivity index (χ3v) is 5.08. The topological polar surface area (TPSA) is 38.3 Å². The first-order valence-corrected chi connectivity index (χ1v) is 8.01. The van der Waals surface area contributed by atoms with Gasteiger partial charge in [-0.25, -0.2) is 0 Å². The van der Waals surface area contributed by atoms with Crippen molar-refractivity contribution in [2.75, 3.05) is 0 Å². The molecule has 0 spiro atoms. The average Bonchev–Trinajstić information content (AvgIpc) is 2.46. The smallest absolute Gasteiger partial charge is 0.257 e. The van der Waals surface area contributed by atoms with Crippen molar-refractivity contribution >= 4 is 5.91 Å². The number of benzene rings is 1. The Morgan fingerprint density at radius 3 is 2.43 bits per heavy atom. The van der Waals surface area contributed by atoms with E-state index in [9.17, 15) is 4.79 Å². The van der Waals surface area contributed by atoms with Crippen LogP contribution in [-0.2, 0) is 0 Å². The van der Waals surface area contributed by atoms with Crippen molar-refractivity contribution in [1.29, 1.82) is 0 Å². The lowest BCUT2D eigenvalue weighted by molar-refractivity contribution is 0.0348. The lowest BCUT2D eigenvalue weighted by Crippen LogP contribution is -2.49. The molecule has 2 aliphatic rings. The number of hydrogen-bond acceptors (Lipinski definition) is 2. The normalized spacial score (nSPS) is 29.3. The largest absolute Gasteiger partial charge is 0.470 e. The highest BCUT2D eigenvalue weighted by Crippen LogP contribution is 2.41. The van der Waals surface area contributed by atoms with Crippen LogP contribution in [0, 0.1) is 17.3 Å². The number of ether oxygens (including phenoxy) is 1. The molecule has 1 aliphatic heterocycles. The molecule has 1 amide bonds. The zero-order valence-corrected chi connectivity index (χ0v) is 13.2. The van der Waals surface area contributed by atoms with Crippen molar-refractivity contribution in [3.05, 3.63) is 29.8 Å². The van der Waals surface area contributed by atoms with Gasteiger partial charge in [-0.15, -0.1) is 0 Å². The molecule has 1 saturated carbocycles. The van der Waals surface area contributed by atoms with E-state index in [2.05, 4.69) is 26.1 Å². The van der Waals surface area contributed by atoms with Gasteiger partial charge < -0.3 is 10.1 Å². The van der Waals surface area contributed by atoms with Crippen LogP contribution in [0.25, 0.3) is 0 Å². The molecular weight excluding hydrogens is 262 g/mol. The molecule has 0 saturated heterocycles. The van der Waals surface area contributed by atoms with Crippen LogP contribution < -0.4 is 10.1 Å². The minimum absolute atomic E-state index is 0.000190. The van der Waals surface area contributed by atoms with Crippen molar-refractivity contribution in [3.8, 4) is 5.75 Å². The first kappa shape index (κ1) is 14.4. The molecule has 1 unspecified atom stereocenters. The van der Waals surface area contributed by atoms with Crippen LogP contribution in [0.4, 0.5) is 0 Å². The second-order valence-corrected chi connectivity index (χ2v) is 7.49. The lowest BCUT2D eigenvalue weighted by Gasteiger charge is -2.40. The van der Waals surface area contributed by atoms with Crippen LogP contribution in [0.5, 0.6) is 5.75 Å². The number of carbonyl (C=O) groups excluding carboxylic acids is 1. The number of para-hydroxylation sites is 1. The van der Waals surface area contributed by atoms with Crippen LogP contribution in [0.3, 0.4) is 0 Å². The van der Waals surface area contributed by atoms with Gasteiger partial charge in [-0.1, -0.05) is 32.9 Å². The summed E-state index contributed by atoms with van der Waals surface area (Å²) in [7, 11) is 0. The zero-order chi connectivity index (χ0) is 15.0. The minimum atomic E-state index is -0.159. The van der Waals surface area contributed by atoms with Gasteiger partial charge in [-0.2, -0.15) is 0 Å². The summed E-state index contributed by atoms with van der Waals surface area (Å²) in [5.74, 6) is 1.94. The molecule has 1 heterocycles. The molecule has 1 aromatic carbocycles. The summed E-state index contributed by atoms with van der Waals surface area (Å²) in [6.45, 7) is 6.98. The number of rotatable bonds is 1. The summed E-state index contributed by atoms with van der Waals surface area (Å²) in [6.07, 6.45) is 4.56. The molecule has 1 aromatic rings. The molecule has 114 valence electrons. The average molecular weight is 287 g/mol. The first-order chi connectivity index (χ1) is 9.95. The van der Waals surface area contributed by atoms with E-state index in [0.717, 1.165) is 24.5 Å². The molecule has 21 heavy (non-hydrogen) atoms. The Labute approximate surface area is 127 Å². The third kappa shape index (κ3) is 2.92. The van der Waals surface area contributed by atoms with Gasteiger partial charge in [0.15, 0.2) is 6.23 Å². The Morgan fingerprint density at radius 2 is 1.76 bits per heavy atom. The summed E-state index contributed by atoms with van der Waals surface area (Å²) in [5, 5.41) is 3.03. The number of fused-ring (bicyclic) bond motifs is 1. The summed E-state index contributed by atoms with van der Waals surface area (Å²) >= 11 is 0. The van der Waals surface area contributed by atoms with E-state index in [1.807, 2.05) is 24.3 Å². The highest BCUT2D eigenvalue weighted by Gasteiger charge is 2.36. The van der Waals surface area contributed by atoms with Gasteiger partial charge in [0.25, 0.3) is 5.91 Å². The van der Waals surface area contributed by atoms with Crippen LogP contribution >= 0.6 is 0 Å². The Kier molecular flexibility index (Phi) is 3.68. The van der Waals surface area contributed by atoms with Gasteiger partial charge in [0, 0.05) is 5.92 Å². The standard InChI is InChI=1S/C18H25NO2/c1-18(2,3)13-10-8-12(9-11-13)17-19-16(20)14-6-4-5-7-15(14)21-17/h4-7,12-13,17H,8-11H2,1-3H3,(H,19,20). The van der Waals surface area contributed by atoms with E-state index in [1.165, 1.54) is 12.8 Å². The van der Waals surface area contributed by atoms with E-state index < -0.39 is 0 Å². The van der Waals surface area contributed by atoms with E-state index in [1.54, 1.807) is 0 Å². The zero-order valence-electron chi connectivity index (χ0n) is 13.2. The summed E-state index contributed by atoms with van der Waals surface area (Å²) in [4.78, 5) is 12.2. The number of carbonyl (C=O) groups is 1. The van der Waals surface area contributed by atoms with Gasteiger partial charge in [0.05, 0.1) is 5.56 Å². The van der Waals surface area contributed by atoms with Crippen molar-refractivity contribution < 1.29 is 9.53 Å². The number of hydrogen-bond donors (Lipinski definition) is 1. The molecule has 1 fully saturated rings. The van der Waals surface area contributed by atoms with Crippen LogP contribution in [0.2, 0.25) is 0 Å². The number of nitrogens with one attached hydrogen (secondary N) is 1. The van der Waals surface area contributed by atoms with Crippen LogP contribution in [0.15, 0.2) is 24.3 Å². The Hall–Kier alpha value is -1.51.